The zero-order valence-electron chi connectivity index (χ0n) is 25.2. The molecule has 43 heavy (non-hydrogen) atoms. The molecule has 0 N–H and O–H groups in total. The fourth-order valence-electron chi connectivity index (χ4n) is 5.29. The maximum Gasteiger partial charge on any atom is 0.416 e. The number of aromatic nitrogens is 2. The summed E-state index contributed by atoms with van der Waals surface area (Å²) >= 11 is 0. The number of halogens is 6. The van der Waals surface area contributed by atoms with Crippen molar-refractivity contribution in [3.8, 4) is 5.75 Å². The molecule has 236 valence electrons. The summed E-state index contributed by atoms with van der Waals surface area (Å²) in [5.41, 5.74) is -1.53. The Labute approximate surface area is 250 Å². The fourth-order valence-corrected chi connectivity index (χ4v) is 5.29. The second kappa shape index (κ2) is 14.9. The largest absolute Gasteiger partial charge is 0.486 e. The van der Waals surface area contributed by atoms with Gasteiger partial charge in [-0.2, -0.15) is 26.3 Å². The molecule has 1 aliphatic rings. The quantitative estimate of drug-likeness (QED) is 0.189. The maximum absolute atomic E-state index is 13.9. The Bertz CT molecular complexity index is 1240. The Morgan fingerprint density at radius 2 is 1.53 bits per heavy atom. The number of hydrogen-bond acceptors (Lipinski definition) is 5. The van der Waals surface area contributed by atoms with Gasteiger partial charge in [0.2, 0.25) is 5.95 Å². The van der Waals surface area contributed by atoms with Gasteiger partial charge in [0, 0.05) is 30.2 Å². The van der Waals surface area contributed by atoms with E-state index in [1.54, 1.807) is 6.92 Å². The van der Waals surface area contributed by atoms with Crippen molar-refractivity contribution in [1.29, 1.82) is 0 Å². The third-order valence-electron chi connectivity index (χ3n) is 7.95. The summed E-state index contributed by atoms with van der Waals surface area (Å²) < 4.78 is 86.9. The third-order valence-corrected chi connectivity index (χ3v) is 7.95. The molecule has 0 aliphatic carbocycles. The van der Waals surface area contributed by atoms with Gasteiger partial charge >= 0.3 is 12.4 Å². The van der Waals surface area contributed by atoms with Crippen molar-refractivity contribution < 1.29 is 31.1 Å². The molecule has 3 rings (SSSR count). The summed E-state index contributed by atoms with van der Waals surface area (Å²) in [6, 6.07) is 9.96. The molecule has 0 amide bonds. The highest BCUT2D eigenvalue weighted by Gasteiger charge is 2.38. The van der Waals surface area contributed by atoms with Crippen LogP contribution < -0.4 is 9.64 Å². The normalized spacial score (nSPS) is 21.2. The van der Waals surface area contributed by atoms with Gasteiger partial charge in [-0.25, -0.2) is 9.97 Å². The molecule has 1 saturated heterocycles. The lowest BCUT2D eigenvalue weighted by Crippen LogP contribution is -2.53. The topological polar surface area (TPSA) is 41.5 Å². The first-order chi connectivity index (χ1) is 20.3. The predicted octanol–water partition coefficient (Wildman–Crippen LogP) is 8.46. The molecule has 1 aliphatic heterocycles. The Hall–Kier alpha value is -3.34. The van der Waals surface area contributed by atoms with Gasteiger partial charge in [0.05, 0.1) is 18.0 Å². The SMILES string of the molecule is C\C=C(/C=C(\C=C(/C)C(F)(F)F)C(F)(F)F)CN(c1ncc(OCc2ccccc2)cn1)C1C[C@@H](CC)N(C)[C@@H](CC)C1. The first kappa shape index (κ1) is 34.2. The van der Waals surface area contributed by atoms with E-state index in [0.717, 1.165) is 37.3 Å². The van der Waals surface area contributed by atoms with Gasteiger partial charge in [-0.05, 0) is 69.9 Å². The highest BCUT2D eigenvalue weighted by Crippen LogP contribution is 2.35. The van der Waals surface area contributed by atoms with Crippen LogP contribution in [0, 0.1) is 0 Å². The predicted molar refractivity (Wildman–Crippen MR) is 157 cm³/mol. The number of benzene rings is 1. The van der Waals surface area contributed by atoms with E-state index >= 15 is 0 Å². The van der Waals surface area contributed by atoms with E-state index in [1.807, 2.05) is 35.2 Å². The molecule has 0 radical (unpaired) electrons. The molecule has 11 heteroatoms. The molecule has 1 aromatic heterocycles. The van der Waals surface area contributed by atoms with Crippen LogP contribution in [-0.4, -0.2) is 58.9 Å². The minimum atomic E-state index is -4.98. The molecule has 0 spiro atoms. The van der Waals surface area contributed by atoms with Crippen LogP contribution in [0.1, 0.15) is 58.9 Å². The van der Waals surface area contributed by atoms with Crippen molar-refractivity contribution in [1.82, 2.24) is 14.9 Å². The first-order valence-electron chi connectivity index (χ1n) is 14.4. The van der Waals surface area contributed by atoms with Crippen molar-refractivity contribution in [3.05, 3.63) is 83.2 Å². The average molecular weight is 611 g/mol. The van der Waals surface area contributed by atoms with E-state index in [4.69, 9.17) is 4.74 Å². The summed E-state index contributed by atoms with van der Waals surface area (Å²) in [5, 5.41) is 0. The number of hydrogen-bond donors (Lipinski definition) is 0. The van der Waals surface area contributed by atoms with Gasteiger partial charge in [-0.15, -0.1) is 0 Å². The molecule has 2 heterocycles. The molecule has 1 aromatic carbocycles. The Balaban J connectivity index is 1.97. The number of likely N-dealkylation sites (tertiary alicyclic amines) is 1. The lowest BCUT2D eigenvalue weighted by atomic mass is 9.88. The second-order valence-electron chi connectivity index (χ2n) is 10.8. The number of anilines is 1. The number of nitrogens with zero attached hydrogens (tertiary/aromatic N) is 4. The second-order valence-corrected chi connectivity index (χ2v) is 10.8. The van der Waals surface area contributed by atoms with Crippen LogP contribution in [0.15, 0.2) is 77.7 Å². The van der Waals surface area contributed by atoms with Crippen molar-refractivity contribution in [3.63, 3.8) is 0 Å². The number of alkyl halides is 6. The van der Waals surface area contributed by atoms with Gasteiger partial charge in [-0.1, -0.05) is 50.3 Å². The summed E-state index contributed by atoms with van der Waals surface area (Å²) in [6.45, 7) is 6.70. The third kappa shape index (κ3) is 9.58. The molecular weight excluding hydrogens is 570 g/mol. The standard InChI is InChI=1S/C32H40F6N4O/c1-6-23(15-25(32(36,37)38)14-22(4)31(33,34)35)20-42(28-16-26(7-2)41(5)27(8-3)17-28)30-39-18-29(19-40-30)43-21-24-12-10-9-11-13-24/h6,9-15,18-19,26-28H,7-8,16-17,20-21H2,1-5H3/b22-14+,23-6+,25-15+/t26-,27+,28?. The summed E-state index contributed by atoms with van der Waals surface area (Å²) in [7, 11) is 2.09. The minimum Gasteiger partial charge on any atom is -0.486 e. The van der Waals surface area contributed by atoms with E-state index in [1.165, 1.54) is 18.5 Å². The van der Waals surface area contributed by atoms with Gasteiger partial charge in [0.25, 0.3) is 0 Å². The Morgan fingerprint density at radius 1 is 0.953 bits per heavy atom. The van der Waals surface area contributed by atoms with Crippen molar-refractivity contribution in [2.45, 2.75) is 90.5 Å². The monoisotopic (exact) mass is 610 g/mol. The molecular formula is C32H40F6N4O. The van der Waals surface area contributed by atoms with Crippen molar-refractivity contribution in [2.24, 2.45) is 0 Å². The molecule has 0 bridgehead atoms. The van der Waals surface area contributed by atoms with Crippen LogP contribution in [0.25, 0.3) is 0 Å². The molecule has 5 nitrogen and oxygen atoms in total. The smallest absolute Gasteiger partial charge is 0.416 e. The van der Waals surface area contributed by atoms with Crippen LogP contribution in [0.2, 0.25) is 0 Å². The lowest BCUT2D eigenvalue weighted by Gasteiger charge is -2.46. The summed E-state index contributed by atoms with van der Waals surface area (Å²) in [6.07, 6.45) is -1.12. The van der Waals surface area contributed by atoms with Crippen LogP contribution in [0.5, 0.6) is 5.75 Å². The van der Waals surface area contributed by atoms with Gasteiger partial charge < -0.3 is 14.5 Å². The highest BCUT2D eigenvalue weighted by molar-refractivity contribution is 5.42. The summed E-state index contributed by atoms with van der Waals surface area (Å²) in [5.74, 6) is 0.752. The minimum absolute atomic E-state index is 0.0134. The van der Waals surface area contributed by atoms with Crippen molar-refractivity contribution >= 4 is 5.95 Å². The lowest BCUT2D eigenvalue weighted by molar-refractivity contribution is -0.0953. The number of allylic oxidation sites excluding steroid dienone is 4. The molecule has 2 aromatic rings. The summed E-state index contributed by atoms with van der Waals surface area (Å²) in [4.78, 5) is 13.3. The van der Waals surface area contributed by atoms with Crippen LogP contribution in [0.4, 0.5) is 32.3 Å². The van der Waals surface area contributed by atoms with Crippen LogP contribution in [0.3, 0.4) is 0 Å². The number of rotatable bonds is 11. The van der Waals surface area contributed by atoms with Gasteiger partial charge in [0.1, 0.15) is 6.61 Å². The van der Waals surface area contributed by atoms with E-state index in [0.29, 0.717) is 25.2 Å². The van der Waals surface area contributed by atoms with Crippen molar-refractivity contribution in [2.75, 3.05) is 18.5 Å². The van der Waals surface area contributed by atoms with Crippen LogP contribution >= 0.6 is 0 Å². The Morgan fingerprint density at radius 3 is 2.02 bits per heavy atom. The molecule has 0 saturated carbocycles. The van der Waals surface area contributed by atoms with E-state index in [-0.39, 0.29) is 36.3 Å². The fraction of sp³-hybridized carbons (Fsp3) is 0.500. The zero-order chi connectivity index (χ0) is 31.8. The molecule has 1 fully saturated rings. The highest BCUT2D eigenvalue weighted by atomic mass is 19.4. The average Bonchev–Trinajstić information content (AvgIpc) is 2.97. The number of ether oxygens (including phenoxy) is 1. The van der Waals surface area contributed by atoms with Crippen LogP contribution in [-0.2, 0) is 6.61 Å². The zero-order valence-corrected chi connectivity index (χ0v) is 25.2. The van der Waals surface area contributed by atoms with E-state index in [9.17, 15) is 26.3 Å². The van der Waals surface area contributed by atoms with E-state index < -0.39 is 23.5 Å². The maximum atomic E-state index is 13.9. The van der Waals surface area contributed by atoms with Gasteiger partial charge in [0.15, 0.2) is 5.75 Å². The Kier molecular flexibility index (Phi) is 11.8. The van der Waals surface area contributed by atoms with E-state index in [2.05, 4.69) is 35.8 Å². The molecule has 1 unspecified atom stereocenters. The first-order valence-corrected chi connectivity index (χ1v) is 14.4. The molecule has 3 atom stereocenters. The van der Waals surface area contributed by atoms with Gasteiger partial charge in [-0.3, -0.25) is 0 Å². The number of piperidine rings is 1.